The number of nitrogens with zero attached hydrogens (tertiary/aromatic N) is 4. The minimum Gasteiger partial charge on any atom is -0.397 e. The van der Waals surface area contributed by atoms with Crippen LogP contribution < -0.4 is 5.32 Å². The first-order valence-electron chi connectivity index (χ1n) is 16.8. The van der Waals surface area contributed by atoms with Crippen LogP contribution in [0.5, 0.6) is 0 Å². The van der Waals surface area contributed by atoms with Crippen molar-refractivity contribution >= 4 is 26.5 Å². The van der Waals surface area contributed by atoms with Gasteiger partial charge < -0.3 is 20.1 Å². The van der Waals surface area contributed by atoms with Gasteiger partial charge in [-0.2, -0.15) is 0 Å². The number of aliphatic hydroxyl groups excluding tert-OH is 1. The van der Waals surface area contributed by atoms with Crippen LogP contribution in [0.4, 0.5) is 0 Å². The topological polar surface area (TPSA) is 108 Å². The Hall–Kier alpha value is -1.93. The van der Waals surface area contributed by atoms with E-state index >= 15 is 0 Å². The SMILES string of the molecule is C=C(CCCCCCCCC/C=C\CCCCCCCC)NC1=NC=NC2C1N=CN2CCOC[P+](=O)OCC.CCO. The number of hydrogen-bond donors (Lipinski definition) is 2. The molecule has 0 bridgehead atoms. The van der Waals surface area contributed by atoms with Crippen LogP contribution in [0.1, 0.15) is 124 Å². The lowest BCUT2D eigenvalue weighted by Gasteiger charge is -2.27. The number of hydrogen-bond acceptors (Lipinski definition) is 9. The Labute approximate surface area is 263 Å². The van der Waals surface area contributed by atoms with Gasteiger partial charge in [0.2, 0.25) is 0 Å². The van der Waals surface area contributed by atoms with E-state index in [1.807, 2.05) is 11.8 Å². The Morgan fingerprint density at radius 3 is 2.21 bits per heavy atom. The molecule has 2 heterocycles. The maximum atomic E-state index is 11.6. The molecule has 3 unspecified atom stereocenters. The molecule has 0 spiro atoms. The Bertz CT molecular complexity index is 849. The summed E-state index contributed by atoms with van der Waals surface area (Å²) in [5.74, 6) is 0.796. The normalized spacial score (nSPS) is 17.5. The molecule has 10 heteroatoms. The first-order valence-corrected chi connectivity index (χ1v) is 18.2. The van der Waals surface area contributed by atoms with Crippen molar-refractivity contribution in [1.82, 2.24) is 10.2 Å². The summed E-state index contributed by atoms with van der Waals surface area (Å²) in [6.07, 6.45) is 28.9. The molecule has 0 saturated carbocycles. The molecule has 43 heavy (non-hydrogen) atoms. The van der Waals surface area contributed by atoms with Crippen molar-refractivity contribution in [3.63, 3.8) is 0 Å². The molecule has 0 aromatic rings. The molecule has 2 aliphatic heterocycles. The highest BCUT2D eigenvalue weighted by molar-refractivity contribution is 7.38. The summed E-state index contributed by atoms with van der Waals surface area (Å²) in [5.41, 5.74) is 0.984. The minimum atomic E-state index is -1.75. The first-order chi connectivity index (χ1) is 21.1. The first kappa shape index (κ1) is 39.1. The van der Waals surface area contributed by atoms with Crippen molar-refractivity contribution in [2.24, 2.45) is 15.0 Å². The zero-order chi connectivity index (χ0) is 31.4. The lowest BCUT2D eigenvalue weighted by molar-refractivity contribution is 0.144. The van der Waals surface area contributed by atoms with Gasteiger partial charge in [0.15, 0.2) is 6.17 Å². The molecule has 0 amide bonds. The van der Waals surface area contributed by atoms with E-state index in [0.717, 1.165) is 24.4 Å². The van der Waals surface area contributed by atoms with Gasteiger partial charge in [-0.15, -0.1) is 4.52 Å². The van der Waals surface area contributed by atoms with Gasteiger partial charge in [-0.05, 0) is 56.9 Å². The van der Waals surface area contributed by atoms with Gasteiger partial charge in [0.05, 0.1) is 19.6 Å². The summed E-state index contributed by atoms with van der Waals surface area (Å²) in [5, 5.41) is 11.0. The van der Waals surface area contributed by atoms with Crippen molar-refractivity contribution < 1.29 is 18.9 Å². The van der Waals surface area contributed by atoms with Crippen LogP contribution in [-0.4, -0.2) is 73.4 Å². The molecule has 0 fully saturated rings. The van der Waals surface area contributed by atoms with Crippen molar-refractivity contribution in [2.75, 3.05) is 32.7 Å². The highest BCUT2D eigenvalue weighted by Gasteiger charge is 2.35. The number of aliphatic hydroxyl groups is 1. The zero-order valence-electron chi connectivity index (χ0n) is 27.4. The van der Waals surface area contributed by atoms with Gasteiger partial charge in [-0.25, -0.2) is 9.98 Å². The predicted octanol–water partition coefficient (Wildman–Crippen LogP) is 8.14. The number of ether oxygens (including phenoxy) is 1. The van der Waals surface area contributed by atoms with E-state index in [4.69, 9.17) is 14.4 Å². The molecule has 0 saturated heterocycles. The van der Waals surface area contributed by atoms with Gasteiger partial charge in [0.25, 0.3) is 6.35 Å². The van der Waals surface area contributed by atoms with Crippen LogP contribution in [0.3, 0.4) is 0 Å². The second-order valence-corrected chi connectivity index (χ2v) is 12.2. The van der Waals surface area contributed by atoms with Gasteiger partial charge >= 0.3 is 8.03 Å². The number of fused-ring (bicyclic) bond motifs is 1. The Balaban J connectivity index is 0.00000295. The molecule has 246 valence electrons. The standard InChI is InChI=1S/C31H55N5O3P.C2H6O/c1-4-6-7-8-9-10-11-12-13-14-15-16-17-18-19-20-21-22-28(3)35-30-29-31(33-25-32-30)36(26-34-29)23-24-38-27-40(37)39-5-2;1-2-3/h12-13,25-26,29,31H,3-11,14-24,27H2,1-2H3,(H,32,33,35);3H,2H2,1H3/q+1;/b13-12-;. The summed E-state index contributed by atoms with van der Waals surface area (Å²) in [6.45, 7) is 11.7. The number of aliphatic imine (C=N–C) groups is 3. The van der Waals surface area contributed by atoms with E-state index in [1.165, 1.54) is 89.9 Å². The maximum Gasteiger partial charge on any atom is 0.537 e. The van der Waals surface area contributed by atoms with E-state index in [-0.39, 0.29) is 25.2 Å². The Kier molecular flexibility index (Phi) is 25.1. The zero-order valence-corrected chi connectivity index (χ0v) is 28.3. The average Bonchev–Trinajstić information content (AvgIpc) is 3.41. The number of allylic oxidation sites excluding steroid dienone is 3. The van der Waals surface area contributed by atoms with Gasteiger partial charge in [0.1, 0.15) is 18.2 Å². The molecule has 2 aliphatic rings. The monoisotopic (exact) mass is 622 g/mol. The highest BCUT2D eigenvalue weighted by Crippen LogP contribution is 2.22. The van der Waals surface area contributed by atoms with E-state index in [0.29, 0.717) is 19.8 Å². The molecular formula is C33H61N5O4P+. The molecular weight excluding hydrogens is 561 g/mol. The summed E-state index contributed by atoms with van der Waals surface area (Å²) in [4.78, 5) is 15.6. The smallest absolute Gasteiger partial charge is 0.397 e. The number of amidine groups is 1. The van der Waals surface area contributed by atoms with E-state index in [9.17, 15) is 4.57 Å². The summed E-state index contributed by atoms with van der Waals surface area (Å²) in [6, 6.07) is -0.160. The number of rotatable bonds is 25. The van der Waals surface area contributed by atoms with Crippen molar-refractivity contribution in [1.29, 1.82) is 0 Å². The summed E-state index contributed by atoms with van der Waals surface area (Å²) < 4.78 is 22.1. The second kappa shape index (κ2) is 27.6. The van der Waals surface area contributed by atoms with Crippen LogP contribution in [-0.2, 0) is 13.8 Å². The van der Waals surface area contributed by atoms with Crippen molar-refractivity contribution in [2.45, 2.75) is 136 Å². The van der Waals surface area contributed by atoms with Crippen LogP contribution in [0.25, 0.3) is 0 Å². The third kappa shape index (κ3) is 19.9. The van der Waals surface area contributed by atoms with E-state index in [2.05, 4.69) is 45.9 Å². The summed E-state index contributed by atoms with van der Waals surface area (Å²) in [7, 11) is -1.75. The maximum absolute atomic E-state index is 11.6. The Morgan fingerprint density at radius 2 is 1.58 bits per heavy atom. The minimum absolute atomic E-state index is 0.108. The molecule has 2 N–H and O–H groups in total. The fourth-order valence-corrected chi connectivity index (χ4v) is 5.54. The Morgan fingerprint density at radius 1 is 0.977 bits per heavy atom. The number of nitrogens with one attached hydrogen (secondary N) is 1. The van der Waals surface area contributed by atoms with Crippen LogP contribution in [0, 0.1) is 0 Å². The fourth-order valence-electron chi connectivity index (χ4n) is 4.90. The average molecular weight is 623 g/mol. The molecule has 9 nitrogen and oxygen atoms in total. The molecule has 2 rings (SSSR count). The summed E-state index contributed by atoms with van der Waals surface area (Å²) >= 11 is 0. The van der Waals surface area contributed by atoms with Gasteiger partial charge in [0, 0.05) is 18.8 Å². The third-order valence-electron chi connectivity index (χ3n) is 7.20. The van der Waals surface area contributed by atoms with E-state index < -0.39 is 8.03 Å². The highest BCUT2D eigenvalue weighted by atomic mass is 31.1. The van der Waals surface area contributed by atoms with Gasteiger partial charge in [-0.1, -0.05) is 89.9 Å². The largest absolute Gasteiger partial charge is 0.537 e. The van der Waals surface area contributed by atoms with E-state index in [1.54, 1.807) is 19.6 Å². The molecule has 0 aromatic heterocycles. The van der Waals surface area contributed by atoms with Crippen molar-refractivity contribution in [3.05, 3.63) is 24.4 Å². The molecule has 0 aromatic carbocycles. The van der Waals surface area contributed by atoms with Crippen LogP contribution >= 0.6 is 8.03 Å². The molecule has 3 atom stereocenters. The lowest BCUT2D eigenvalue weighted by atomic mass is 10.1. The predicted molar refractivity (Wildman–Crippen MR) is 182 cm³/mol. The number of unbranched alkanes of at least 4 members (excludes halogenated alkanes) is 13. The van der Waals surface area contributed by atoms with Crippen molar-refractivity contribution in [3.8, 4) is 0 Å². The fraction of sp³-hybridized carbons (Fsp3) is 0.788. The third-order valence-corrected chi connectivity index (χ3v) is 8.14. The second-order valence-electron chi connectivity index (χ2n) is 11.0. The lowest BCUT2D eigenvalue weighted by Crippen LogP contribution is -2.46. The molecule has 0 radical (unpaired) electrons. The quantitative estimate of drug-likeness (QED) is 0.0605. The van der Waals surface area contributed by atoms with Crippen LogP contribution in [0.2, 0.25) is 0 Å². The van der Waals surface area contributed by atoms with Crippen LogP contribution in [0.15, 0.2) is 39.4 Å². The van der Waals surface area contributed by atoms with Gasteiger partial charge in [-0.3, -0.25) is 4.99 Å². The molecule has 0 aliphatic carbocycles.